The van der Waals surface area contributed by atoms with E-state index in [-0.39, 0.29) is 0 Å². The van der Waals surface area contributed by atoms with Crippen molar-refractivity contribution in [3.05, 3.63) is 71.3 Å². The van der Waals surface area contributed by atoms with Crippen molar-refractivity contribution in [2.45, 2.75) is 13.0 Å². The van der Waals surface area contributed by atoms with Gasteiger partial charge in [-0.25, -0.2) is 4.79 Å². The first kappa shape index (κ1) is 17.7. The van der Waals surface area contributed by atoms with Crippen LogP contribution in [0.2, 0.25) is 0 Å². The number of thiol groups is 1. The third-order valence-corrected chi connectivity index (χ3v) is 3.81. The van der Waals surface area contributed by atoms with Crippen molar-refractivity contribution in [1.82, 2.24) is 10.2 Å². The van der Waals surface area contributed by atoms with Crippen LogP contribution in [0, 0.1) is 6.92 Å². The second-order valence-electron chi connectivity index (χ2n) is 5.36. The molecule has 124 valence electrons. The minimum absolute atomic E-state index is 0.388. The maximum absolute atomic E-state index is 12.3. The molecule has 1 N–H and O–H groups in total. The quantitative estimate of drug-likeness (QED) is 0.840. The summed E-state index contributed by atoms with van der Waals surface area (Å²) < 4.78 is 0. The Morgan fingerprint density at radius 3 is 2.12 bits per heavy atom. The number of carbonyl (C=O) groups is 3. The molecule has 0 aliphatic carbocycles. The number of nitrogens with one attached hydrogen (secondary N) is 1. The number of urea groups is 1. The molecule has 0 saturated carbocycles. The van der Waals surface area contributed by atoms with Gasteiger partial charge in [0, 0.05) is 12.6 Å². The average molecular weight is 342 g/mol. The van der Waals surface area contributed by atoms with Gasteiger partial charge in [-0.15, -0.1) is 12.6 Å². The molecule has 3 amide bonds. The standard InChI is InChI=1S/C18H18N2O3S/c1-12-8-10-13(11-9-12)15(17(22)24)19-18(23)20(2)16(21)14-6-4-3-5-7-14/h3-11,15H,1-2H3,(H,19,23)(H,22,24). The fourth-order valence-electron chi connectivity index (χ4n) is 2.13. The van der Waals surface area contributed by atoms with Crippen LogP contribution in [0.25, 0.3) is 0 Å². The van der Waals surface area contributed by atoms with Crippen LogP contribution in [0.15, 0.2) is 54.6 Å². The Morgan fingerprint density at radius 2 is 1.58 bits per heavy atom. The molecule has 2 aromatic rings. The number of rotatable bonds is 4. The number of imide groups is 1. The normalized spacial score (nSPS) is 11.5. The van der Waals surface area contributed by atoms with Gasteiger partial charge in [0.2, 0.25) is 5.12 Å². The van der Waals surface area contributed by atoms with Crippen molar-refractivity contribution < 1.29 is 14.4 Å². The highest BCUT2D eigenvalue weighted by atomic mass is 32.1. The molecular weight excluding hydrogens is 324 g/mol. The fourth-order valence-corrected chi connectivity index (χ4v) is 2.35. The van der Waals surface area contributed by atoms with E-state index in [9.17, 15) is 14.4 Å². The van der Waals surface area contributed by atoms with Crippen LogP contribution in [0.3, 0.4) is 0 Å². The largest absolute Gasteiger partial charge is 0.324 e. The van der Waals surface area contributed by atoms with Gasteiger partial charge in [0.25, 0.3) is 5.91 Å². The van der Waals surface area contributed by atoms with Crippen molar-refractivity contribution in [1.29, 1.82) is 0 Å². The van der Waals surface area contributed by atoms with Crippen LogP contribution < -0.4 is 5.32 Å². The minimum Gasteiger partial charge on any atom is -0.323 e. The molecule has 24 heavy (non-hydrogen) atoms. The summed E-state index contributed by atoms with van der Waals surface area (Å²) in [5.41, 5.74) is 2.03. The number of benzene rings is 2. The van der Waals surface area contributed by atoms with Crippen molar-refractivity contribution in [2.75, 3.05) is 7.05 Å². The zero-order valence-electron chi connectivity index (χ0n) is 13.4. The first-order chi connectivity index (χ1) is 11.4. The maximum atomic E-state index is 12.3. The lowest BCUT2D eigenvalue weighted by Gasteiger charge is -2.21. The highest BCUT2D eigenvalue weighted by Gasteiger charge is 2.25. The summed E-state index contributed by atoms with van der Waals surface area (Å²) in [7, 11) is 1.36. The SMILES string of the molecule is Cc1ccc(C(NC(=O)N(C)C(=O)c2ccccc2)C(=O)S)cc1. The summed E-state index contributed by atoms with van der Waals surface area (Å²) in [4.78, 5) is 37.3. The van der Waals surface area contributed by atoms with Gasteiger partial charge in [-0.2, -0.15) is 0 Å². The van der Waals surface area contributed by atoms with Crippen LogP contribution in [0.4, 0.5) is 4.79 Å². The van der Waals surface area contributed by atoms with Crippen LogP contribution >= 0.6 is 12.6 Å². The summed E-state index contributed by atoms with van der Waals surface area (Å²) in [6.07, 6.45) is 0. The Balaban J connectivity index is 2.14. The first-order valence-corrected chi connectivity index (χ1v) is 7.78. The van der Waals surface area contributed by atoms with Gasteiger partial charge >= 0.3 is 6.03 Å². The summed E-state index contributed by atoms with van der Waals surface area (Å²) in [6, 6.07) is 14.0. The van der Waals surface area contributed by atoms with Crippen LogP contribution in [-0.2, 0) is 4.79 Å². The molecule has 0 aromatic heterocycles. The molecule has 0 saturated heterocycles. The molecule has 0 radical (unpaired) electrons. The molecule has 6 heteroatoms. The Labute approximate surface area is 146 Å². The van der Waals surface area contributed by atoms with E-state index < -0.39 is 23.1 Å². The fraction of sp³-hybridized carbons (Fsp3) is 0.167. The Morgan fingerprint density at radius 1 is 1.00 bits per heavy atom. The van der Waals surface area contributed by atoms with Gasteiger partial charge < -0.3 is 5.32 Å². The van der Waals surface area contributed by atoms with Crippen LogP contribution in [0.5, 0.6) is 0 Å². The summed E-state index contributed by atoms with van der Waals surface area (Å²) in [5.74, 6) is -0.456. The van der Waals surface area contributed by atoms with Crippen molar-refractivity contribution in [3.8, 4) is 0 Å². The number of hydrogen-bond acceptors (Lipinski definition) is 3. The van der Waals surface area contributed by atoms with E-state index in [0.29, 0.717) is 11.1 Å². The molecule has 1 unspecified atom stereocenters. The molecule has 0 bridgehead atoms. The molecule has 5 nitrogen and oxygen atoms in total. The second-order valence-corrected chi connectivity index (χ2v) is 5.80. The Kier molecular flexibility index (Phi) is 5.76. The molecule has 2 rings (SSSR count). The number of nitrogens with zero attached hydrogens (tertiary/aromatic N) is 1. The first-order valence-electron chi connectivity index (χ1n) is 7.33. The smallest absolute Gasteiger partial charge is 0.323 e. The van der Waals surface area contributed by atoms with Crippen molar-refractivity contribution >= 4 is 29.7 Å². The van der Waals surface area contributed by atoms with Crippen molar-refractivity contribution in [2.24, 2.45) is 0 Å². The molecule has 0 heterocycles. The second kappa shape index (κ2) is 7.79. The summed E-state index contributed by atoms with van der Waals surface area (Å²) in [6.45, 7) is 1.92. The zero-order chi connectivity index (χ0) is 17.7. The van der Waals surface area contributed by atoms with Crippen LogP contribution in [0.1, 0.15) is 27.5 Å². The van der Waals surface area contributed by atoms with Gasteiger partial charge in [0.1, 0.15) is 6.04 Å². The Bertz CT molecular complexity index is 745. The molecule has 0 aliphatic rings. The van der Waals surface area contributed by atoms with Crippen LogP contribution in [-0.4, -0.2) is 29.0 Å². The topological polar surface area (TPSA) is 66.5 Å². The summed E-state index contributed by atoms with van der Waals surface area (Å²) >= 11 is 3.84. The van der Waals surface area contributed by atoms with E-state index in [4.69, 9.17) is 0 Å². The predicted octanol–water partition coefficient (Wildman–Crippen LogP) is 2.97. The average Bonchev–Trinajstić information content (AvgIpc) is 2.59. The highest BCUT2D eigenvalue weighted by Crippen LogP contribution is 2.17. The van der Waals surface area contributed by atoms with E-state index in [2.05, 4.69) is 17.9 Å². The molecule has 0 fully saturated rings. The number of aryl methyl sites for hydroxylation is 1. The highest BCUT2D eigenvalue weighted by molar-refractivity contribution is 7.96. The van der Waals surface area contributed by atoms with Gasteiger partial charge in [-0.05, 0) is 24.6 Å². The van der Waals surface area contributed by atoms with Gasteiger partial charge in [0.05, 0.1) is 0 Å². The molecule has 0 spiro atoms. The predicted molar refractivity (Wildman–Crippen MR) is 95.0 cm³/mol. The zero-order valence-corrected chi connectivity index (χ0v) is 14.3. The van der Waals surface area contributed by atoms with Gasteiger partial charge in [-0.1, -0.05) is 48.0 Å². The monoisotopic (exact) mass is 342 g/mol. The molecule has 0 aliphatic heterocycles. The van der Waals surface area contributed by atoms with E-state index in [0.717, 1.165) is 10.5 Å². The third-order valence-electron chi connectivity index (χ3n) is 3.56. The minimum atomic E-state index is -0.924. The van der Waals surface area contributed by atoms with E-state index in [1.807, 2.05) is 19.1 Å². The van der Waals surface area contributed by atoms with E-state index in [1.54, 1.807) is 42.5 Å². The van der Waals surface area contributed by atoms with Crippen molar-refractivity contribution in [3.63, 3.8) is 0 Å². The molecular formula is C18H18N2O3S. The lowest BCUT2D eigenvalue weighted by Crippen LogP contribution is -2.44. The Hall–Kier alpha value is -2.60. The lowest BCUT2D eigenvalue weighted by atomic mass is 10.1. The number of amides is 3. The molecule has 2 aromatic carbocycles. The number of carbonyl (C=O) groups excluding carboxylic acids is 3. The lowest BCUT2D eigenvalue weighted by molar-refractivity contribution is -0.112. The van der Waals surface area contributed by atoms with E-state index in [1.165, 1.54) is 7.05 Å². The third kappa shape index (κ3) is 4.23. The summed E-state index contributed by atoms with van der Waals surface area (Å²) in [5, 5.41) is 2.04. The van der Waals surface area contributed by atoms with Gasteiger partial charge in [0.15, 0.2) is 0 Å². The molecule has 1 atom stereocenters. The van der Waals surface area contributed by atoms with Gasteiger partial charge in [-0.3, -0.25) is 14.5 Å². The maximum Gasteiger partial charge on any atom is 0.324 e. The van der Waals surface area contributed by atoms with E-state index >= 15 is 0 Å². The number of hydrogen-bond donors (Lipinski definition) is 2.